The Balaban J connectivity index is 1.75. The predicted molar refractivity (Wildman–Crippen MR) is 117 cm³/mol. The van der Waals surface area contributed by atoms with Crippen LogP contribution in [0, 0.1) is 0 Å². The summed E-state index contributed by atoms with van der Waals surface area (Å²) in [4.78, 5) is 0. The molecule has 5 rings (SSSR count). The van der Waals surface area contributed by atoms with Crippen molar-refractivity contribution in [3.05, 3.63) is 138 Å². The number of para-hydroxylation sites is 1. The molecule has 1 N–H and O–H groups in total. The van der Waals surface area contributed by atoms with Crippen molar-refractivity contribution < 1.29 is 0 Å². The largest absolute Gasteiger partial charge is 0.377 e. The minimum absolute atomic E-state index is 0.212. The molecule has 0 saturated carbocycles. The Morgan fingerprint density at radius 3 is 1.61 bits per heavy atom. The van der Waals surface area contributed by atoms with E-state index in [0.29, 0.717) is 11.8 Å². The lowest BCUT2D eigenvalue weighted by molar-refractivity contribution is 0.508. The minimum atomic E-state index is 0.212. The van der Waals surface area contributed by atoms with E-state index in [1.54, 1.807) is 0 Å². The van der Waals surface area contributed by atoms with Crippen molar-refractivity contribution in [1.29, 1.82) is 0 Å². The lowest BCUT2D eigenvalue weighted by atomic mass is 9.69. The lowest BCUT2D eigenvalue weighted by Gasteiger charge is -2.42. The molecule has 0 amide bonds. The summed E-state index contributed by atoms with van der Waals surface area (Å²) in [7, 11) is 0. The van der Waals surface area contributed by atoms with Gasteiger partial charge in [-0.3, -0.25) is 0 Å². The maximum absolute atomic E-state index is 3.86. The highest BCUT2D eigenvalue weighted by Crippen LogP contribution is 2.52. The molecule has 0 bridgehead atoms. The third-order valence-corrected chi connectivity index (χ3v) is 5.83. The Morgan fingerprint density at radius 2 is 0.964 bits per heavy atom. The van der Waals surface area contributed by atoms with Crippen LogP contribution in [0.4, 0.5) is 5.69 Å². The van der Waals surface area contributed by atoms with Gasteiger partial charge in [-0.15, -0.1) is 0 Å². The molecule has 4 aromatic carbocycles. The molecular formula is C27H23N. The summed E-state index contributed by atoms with van der Waals surface area (Å²) in [5.74, 6) is 0.604. The zero-order valence-electron chi connectivity index (χ0n) is 15.7. The molecule has 4 aromatic rings. The first-order valence-electron chi connectivity index (χ1n) is 9.92. The monoisotopic (exact) mass is 361 g/mol. The van der Waals surface area contributed by atoms with Gasteiger partial charge in [0.15, 0.2) is 0 Å². The molecule has 0 radical (unpaired) electrons. The highest BCUT2D eigenvalue weighted by Gasteiger charge is 2.38. The van der Waals surface area contributed by atoms with Crippen molar-refractivity contribution in [2.45, 2.75) is 17.9 Å². The Kier molecular flexibility index (Phi) is 4.42. The van der Waals surface area contributed by atoms with Gasteiger partial charge in [-0.05, 0) is 28.3 Å². The van der Waals surface area contributed by atoms with Crippen molar-refractivity contribution in [2.75, 3.05) is 5.32 Å². The van der Waals surface area contributed by atoms with Gasteiger partial charge in [0.05, 0.1) is 6.04 Å². The van der Waals surface area contributed by atoms with E-state index in [1.807, 2.05) is 0 Å². The Bertz CT molecular complexity index is 1040. The van der Waals surface area contributed by atoms with E-state index >= 15 is 0 Å². The molecule has 0 aliphatic carbocycles. The van der Waals surface area contributed by atoms with Gasteiger partial charge in [0.2, 0.25) is 0 Å². The first-order chi connectivity index (χ1) is 13.9. The van der Waals surface area contributed by atoms with Crippen LogP contribution in [0.5, 0.6) is 0 Å². The smallest absolute Gasteiger partial charge is 0.0591 e. The van der Waals surface area contributed by atoms with Crippen LogP contribution in [-0.4, -0.2) is 0 Å². The number of nitrogens with one attached hydrogen (secondary N) is 1. The molecule has 0 unspecified atom stereocenters. The van der Waals surface area contributed by atoms with Crippen LogP contribution in [0.3, 0.4) is 0 Å². The van der Waals surface area contributed by atoms with E-state index in [2.05, 4.69) is 121 Å². The van der Waals surface area contributed by atoms with E-state index < -0.39 is 0 Å². The zero-order chi connectivity index (χ0) is 18.8. The maximum Gasteiger partial charge on any atom is 0.0591 e. The van der Waals surface area contributed by atoms with Crippen molar-refractivity contribution in [2.24, 2.45) is 0 Å². The summed E-state index contributed by atoms with van der Waals surface area (Å²) < 4.78 is 0. The van der Waals surface area contributed by atoms with Gasteiger partial charge in [-0.2, -0.15) is 0 Å². The molecule has 1 aliphatic rings. The number of hydrogen-bond donors (Lipinski definition) is 1. The Hall–Kier alpha value is -3.32. The molecular weight excluding hydrogens is 338 g/mol. The first kappa shape index (κ1) is 16.8. The molecule has 1 aliphatic heterocycles. The summed E-state index contributed by atoms with van der Waals surface area (Å²) in [6.07, 6.45) is 0. The molecule has 28 heavy (non-hydrogen) atoms. The van der Waals surface area contributed by atoms with Crippen molar-refractivity contribution in [3.63, 3.8) is 0 Å². The SMILES string of the molecule is c1ccc([C@H]2c3ccccc3N[C@H](c3ccccc3)[C@H]2c2ccccc2)cc1. The van der Waals surface area contributed by atoms with Crippen molar-refractivity contribution >= 4 is 5.69 Å². The van der Waals surface area contributed by atoms with Crippen molar-refractivity contribution in [1.82, 2.24) is 0 Å². The van der Waals surface area contributed by atoms with Crippen LogP contribution in [0.15, 0.2) is 115 Å². The predicted octanol–water partition coefficient (Wildman–Crippen LogP) is 6.77. The topological polar surface area (TPSA) is 12.0 Å². The molecule has 1 heteroatoms. The average Bonchev–Trinajstić information content (AvgIpc) is 2.79. The van der Waals surface area contributed by atoms with Gasteiger partial charge in [0.1, 0.15) is 0 Å². The second-order valence-electron chi connectivity index (χ2n) is 7.44. The normalized spacial score (nSPS) is 20.8. The molecule has 136 valence electrons. The number of hydrogen-bond acceptors (Lipinski definition) is 1. The highest BCUT2D eigenvalue weighted by atomic mass is 15.0. The van der Waals surface area contributed by atoms with Gasteiger partial charge in [-0.25, -0.2) is 0 Å². The first-order valence-corrected chi connectivity index (χ1v) is 9.92. The number of anilines is 1. The Morgan fingerprint density at radius 1 is 0.464 bits per heavy atom. The molecule has 1 nitrogen and oxygen atoms in total. The number of benzene rings is 4. The fourth-order valence-electron chi connectivity index (χ4n) is 4.60. The molecule has 0 spiro atoms. The molecule has 3 atom stereocenters. The number of rotatable bonds is 3. The van der Waals surface area contributed by atoms with E-state index in [4.69, 9.17) is 0 Å². The quantitative estimate of drug-likeness (QED) is 0.424. The summed E-state index contributed by atoms with van der Waals surface area (Å²) in [5, 5.41) is 3.86. The minimum Gasteiger partial charge on any atom is -0.377 e. The second-order valence-corrected chi connectivity index (χ2v) is 7.44. The van der Waals surface area contributed by atoms with Crippen LogP contribution in [0.2, 0.25) is 0 Å². The van der Waals surface area contributed by atoms with E-state index in [1.165, 1.54) is 27.9 Å². The van der Waals surface area contributed by atoms with E-state index in [0.717, 1.165) is 0 Å². The van der Waals surface area contributed by atoms with Crippen molar-refractivity contribution in [3.8, 4) is 0 Å². The third-order valence-electron chi connectivity index (χ3n) is 5.83. The van der Waals surface area contributed by atoms with Crippen LogP contribution < -0.4 is 5.32 Å². The maximum atomic E-state index is 3.86. The van der Waals surface area contributed by atoms with Gasteiger partial charge < -0.3 is 5.32 Å². The van der Waals surface area contributed by atoms with Gasteiger partial charge in [0.25, 0.3) is 0 Å². The standard InChI is InChI=1S/C27H23N/c1-4-12-20(13-5-1)25-23-18-10-11-19-24(23)28-27(22-16-8-3-9-17-22)26(25)21-14-6-2-7-15-21/h1-19,25-28H/t25-,26-,27+/m0/s1. The van der Waals surface area contributed by atoms with Gasteiger partial charge >= 0.3 is 0 Å². The third kappa shape index (κ3) is 2.99. The highest BCUT2D eigenvalue weighted by molar-refractivity contribution is 5.62. The average molecular weight is 361 g/mol. The summed E-state index contributed by atoms with van der Waals surface area (Å²) in [6, 6.07) is 41.7. The van der Waals surface area contributed by atoms with E-state index in [-0.39, 0.29) is 6.04 Å². The summed E-state index contributed by atoms with van der Waals surface area (Å²) in [5.41, 5.74) is 6.66. The van der Waals surface area contributed by atoms with Crippen LogP contribution >= 0.6 is 0 Å². The summed E-state index contributed by atoms with van der Waals surface area (Å²) >= 11 is 0. The molecule has 0 saturated heterocycles. The Labute approximate surface area is 166 Å². The van der Waals surface area contributed by atoms with Gasteiger partial charge in [-0.1, -0.05) is 109 Å². The molecule has 1 heterocycles. The summed E-state index contributed by atoms with van der Waals surface area (Å²) in [6.45, 7) is 0. The van der Waals surface area contributed by atoms with Crippen LogP contribution in [0.1, 0.15) is 40.1 Å². The van der Waals surface area contributed by atoms with Crippen LogP contribution in [0.25, 0.3) is 0 Å². The second kappa shape index (κ2) is 7.36. The molecule has 0 aromatic heterocycles. The van der Waals surface area contributed by atoms with Crippen LogP contribution in [-0.2, 0) is 0 Å². The fourth-order valence-corrected chi connectivity index (χ4v) is 4.60. The zero-order valence-corrected chi connectivity index (χ0v) is 15.7. The molecule has 0 fully saturated rings. The lowest BCUT2D eigenvalue weighted by Crippen LogP contribution is -2.30. The van der Waals surface area contributed by atoms with E-state index in [9.17, 15) is 0 Å². The fraction of sp³-hybridized carbons (Fsp3) is 0.111. The number of fused-ring (bicyclic) bond motifs is 1. The van der Waals surface area contributed by atoms with Gasteiger partial charge in [0, 0.05) is 17.5 Å².